The molecule has 18 heavy (non-hydrogen) atoms. The van der Waals surface area contributed by atoms with E-state index in [0.717, 1.165) is 58.9 Å². The summed E-state index contributed by atoms with van der Waals surface area (Å²) < 4.78 is 10.7. The topological polar surface area (TPSA) is 54.0 Å². The molecule has 3 saturated heterocycles. The quantitative estimate of drug-likeness (QED) is 0.737. The van der Waals surface area contributed by atoms with Gasteiger partial charge in [-0.25, -0.2) is 4.79 Å². The minimum atomic E-state index is -0.137. The molecular weight excluding hydrogens is 234 g/mol. The Morgan fingerprint density at radius 3 is 2.94 bits per heavy atom. The number of rotatable bonds is 3. The van der Waals surface area contributed by atoms with Crippen LogP contribution < -0.4 is 5.32 Å². The van der Waals surface area contributed by atoms with Crippen LogP contribution in [0.1, 0.15) is 6.42 Å². The number of hydrogen-bond donors (Lipinski definition) is 1. The van der Waals surface area contributed by atoms with E-state index in [1.807, 2.05) is 4.90 Å². The van der Waals surface area contributed by atoms with Crippen molar-refractivity contribution in [1.29, 1.82) is 0 Å². The van der Waals surface area contributed by atoms with E-state index < -0.39 is 0 Å². The van der Waals surface area contributed by atoms with Crippen molar-refractivity contribution in [1.82, 2.24) is 15.1 Å². The summed E-state index contributed by atoms with van der Waals surface area (Å²) in [6.45, 7) is 7.03. The Morgan fingerprint density at radius 1 is 1.28 bits per heavy atom. The van der Waals surface area contributed by atoms with E-state index in [9.17, 15) is 4.79 Å². The first-order valence-corrected chi connectivity index (χ1v) is 6.82. The first-order chi connectivity index (χ1) is 8.84. The molecule has 0 aromatic carbocycles. The van der Waals surface area contributed by atoms with Gasteiger partial charge in [0.1, 0.15) is 6.10 Å². The molecule has 0 aliphatic carbocycles. The maximum Gasteiger partial charge on any atom is 0.410 e. The number of piperidine rings is 1. The molecule has 6 heteroatoms. The molecule has 0 aromatic rings. The summed E-state index contributed by atoms with van der Waals surface area (Å²) in [7, 11) is 0. The fourth-order valence-corrected chi connectivity index (χ4v) is 2.96. The molecule has 1 amide bonds. The molecule has 0 spiro atoms. The third kappa shape index (κ3) is 2.46. The maximum absolute atomic E-state index is 11.8. The van der Waals surface area contributed by atoms with E-state index >= 15 is 0 Å². The van der Waals surface area contributed by atoms with E-state index in [-0.39, 0.29) is 18.2 Å². The van der Waals surface area contributed by atoms with E-state index in [1.54, 1.807) is 0 Å². The Kier molecular flexibility index (Phi) is 3.67. The molecule has 102 valence electrons. The number of morpholine rings is 1. The number of amides is 1. The lowest BCUT2D eigenvalue weighted by atomic mass is 10.0. The third-order valence-corrected chi connectivity index (χ3v) is 4.04. The fourth-order valence-electron chi connectivity index (χ4n) is 2.96. The van der Waals surface area contributed by atoms with Crippen LogP contribution in [0.4, 0.5) is 4.79 Å². The predicted octanol–water partition coefficient (Wildman–Crippen LogP) is -0.499. The number of hydrogen-bond acceptors (Lipinski definition) is 5. The summed E-state index contributed by atoms with van der Waals surface area (Å²) in [4.78, 5) is 16.1. The minimum Gasteiger partial charge on any atom is -0.443 e. The van der Waals surface area contributed by atoms with Crippen molar-refractivity contribution in [2.45, 2.75) is 18.6 Å². The molecule has 3 heterocycles. The molecule has 6 nitrogen and oxygen atoms in total. The highest BCUT2D eigenvalue weighted by Crippen LogP contribution is 2.23. The zero-order valence-corrected chi connectivity index (χ0v) is 10.6. The number of nitrogens with one attached hydrogen (secondary N) is 1. The highest BCUT2D eigenvalue weighted by molar-refractivity contribution is 5.70. The number of ether oxygens (including phenoxy) is 2. The monoisotopic (exact) mass is 255 g/mol. The van der Waals surface area contributed by atoms with Crippen molar-refractivity contribution < 1.29 is 14.3 Å². The molecular formula is C12H21N3O3. The molecule has 2 atom stereocenters. The lowest BCUT2D eigenvalue weighted by molar-refractivity contribution is 0.0338. The van der Waals surface area contributed by atoms with Crippen LogP contribution in [0.25, 0.3) is 0 Å². The van der Waals surface area contributed by atoms with Gasteiger partial charge in [-0.15, -0.1) is 0 Å². The average Bonchev–Trinajstić information content (AvgIpc) is 2.73. The maximum atomic E-state index is 11.8. The first-order valence-electron chi connectivity index (χ1n) is 6.82. The molecule has 3 aliphatic heterocycles. The first kappa shape index (κ1) is 12.2. The van der Waals surface area contributed by atoms with Gasteiger partial charge in [0.25, 0.3) is 0 Å². The Balaban J connectivity index is 1.52. The van der Waals surface area contributed by atoms with E-state index in [4.69, 9.17) is 9.47 Å². The standard InChI is InChI=1S/C12H21N3O3/c16-12-15(4-3-14-5-7-17-8-6-14)10-1-2-13-9-11(10)18-12/h10-11,13H,1-9H2. The summed E-state index contributed by atoms with van der Waals surface area (Å²) in [6, 6.07) is 0.278. The zero-order valence-electron chi connectivity index (χ0n) is 10.6. The lowest BCUT2D eigenvalue weighted by Gasteiger charge is -2.31. The van der Waals surface area contributed by atoms with Crippen LogP contribution in [0, 0.1) is 0 Å². The number of fused-ring (bicyclic) bond motifs is 1. The SMILES string of the molecule is O=C1OC2CNCCC2N1CCN1CCOCC1. The van der Waals surface area contributed by atoms with Gasteiger partial charge in [0, 0.05) is 32.7 Å². The molecule has 0 saturated carbocycles. The number of carbonyl (C=O) groups excluding carboxylic acids is 1. The van der Waals surface area contributed by atoms with Crippen molar-refractivity contribution in [2.24, 2.45) is 0 Å². The molecule has 3 aliphatic rings. The summed E-state index contributed by atoms with van der Waals surface area (Å²) in [5.74, 6) is 0. The van der Waals surface area contributed by atoms with Gasteiger partial charge in [-0.2, -0.15) is 0 Å². The molecule has 2 unspecified atom stereocenters. The molecule has 0 radical (unpaired) electrons. The summed E-state index contributed by atoms with van der Waals surface area (Å²) in [5.41, 5.74) is 0. The fraction of sp³-hybridized carbons (Fsp3) is 0.917. The van der Waals surface area contributed by atoms with Crippen LogP contribution in [0.5, 0.6) is 0 Å². The van der Waals surface area contributed by atoms with Gasteiger partial charge in [-0.1, -0.05) is 0 Å². The molecule has 3 rings (SSSR count). The van der Waals surface area contributed by atoms with Crippen LogP contribution in [0.2, 0.25) is 0 Å². The largest absolute Gasteiger partial charge is 0.443 e. The Labute approximate surface area is 107 Å². The average molecular weight is 255 g/mol. The van der Waals surface area contributed by atoms with Crippen LogP contribution in [0.15, 0.2) is 0 Å². The summed E-state index contributed by atoms with van der Waals surface area (Å²) >= 11 is 0. The highest BCUT2D eigenvalue weighted by Gasteiger charge is 2.42. The van der Waals surface area contributed by atoms with Crippen LogP contribution >= 0.6 is 0 Å². The van der Waals surface area contributed by atoms with Crippen molar-refractivity contribution >= 4 is 6.09 Å². The molecule has 1 N–H and O–H groups in total. The van der Waals surface area contributed by atoms with Gasteiger partial charge < -0.3 is 19.7 Å². The zero-order chi connectivity index (χ0) is 12.4. The third-order valence-electron chi connectivity index (χ3n) is 4.04. The van der Waals surface area contributed by atoms with Gasteiger partial charge in [0.15, 0.2) is 0 Å². The van der Waals surface area contributed by atoms with Crippen molar-refractivity contribution in [3.63, 3.8) is 0 Å². The van der Waals surface area contributed by atoms with Crippen molar-refractivity contribution in [2.75, 3.05) is 52.5 Å². The highest BCUT2D eigenvalue weighted by atomic mass is 16.6. The number of nitrogens with zero attached hydrogens (tertiary/aromatic N) is 2. The van der Waals surface area contributed by atoms with Crippen LogP contribution in [-0.4, -0.2) is 80.5 Å². The Morgan fingerprint density at radius 2 is 2.11 bits per heavy atom. The Hall–Kier alpha value is -0.850. The second-order valence-electron chi connectivity index (χ2n) is 5.13. The summed E-state index contributed by atoms with van der Waals surface area (Å²) in [6.07, 6.45) is 0.914. The molecule has 3 fully saturated rings. The van der Waals surface area contributed by atoms with Gasteiger partial charge in [0.2, 0.25) is 0 Å². The van der Waals surface area contributed by atoms with Gasteiger partial charge in [-0.3, -0.25) is 4.90 Å². The predicted molar refractivity (Wildman–Crippen MR) is 65.5 cm³/mol. The van der Waals surface area contributed by atoms with Gasteiger partial charge in [-0.05, 0) is 13.0 Å². The lowest BCUT2D eigenvalue weighted by Crippen LogP contribution is -2.49. The van der Waals surface area contributed by atoms with Crippen LogP contribution in [-0.2, 0) is 9.47 Å². The Bertz CT molecular complexity index is 307. The minimum absolute atomic E-state index is 0.0518. The second kappa shape index (κ2) is 5.42. The van der Waals surface area contributed by atoms with Crippen LogP contribution in [0.3, 0.4) is 0 Å². The second-order valence-corrected chi connectivity index (χ2v) is 5.13. The van der Waals surface area contributed by atoms with E-state index in [0.29, 0.717) is 0 Å². The van der Waals surface area contributed by atoms with Crippen molar-refractivity contribution in [3.8, 4) is 0 Å². The van der Waals surface area contributed by atoms with Crippen molar-refractivity contribution in [3.05, 3.63) is 0 Å². The molecule has 0 aromatic heterocycles. The smallest absolute Gasteiger partial charge is 0.410 e. The number of carbonyl (C=O) groups is 1. The summed E-state index contributed by atoms with van der Waals surface area (Å²) in [5, 5.41) is 3.27. The van der Waals surface area contributed by atoms with E-state index in [1.165, 1.54) is 0 Å². The van der Waals surface area contributed by atoms with E-state index in [2.05, 4.69) is 10.2 Å². The van der Waals surface area contributed by atoms with Gasteiger partial charge in [0.05, 0.1) is 19.3 Å². The molecule has 0 bridgehead atoms. The van der Waals surface area contributed by atoms with Gasteiger partial charge >= 0.3 is 6.09 Å². The normalized spacial score (nSPS) is 33.3.